The predicted molar refractivity (Wildman–Crippen MR) is 78.4 cm³/mol. The molecule has 1 heterocycles. The van der Waals surface area contributed by atoms with Gasteiger partial charge in [-0.2, -0.15) is 4.31 Å². The number of sulfonamides is 1. The van der Waals surface area contributed by atoms with Crippen LogP contribution in [0.25, 0.3) is 0 Å². The summed E-state index contributed by atoms with van der Waals surface area (Å²) >= 11 is 0. The van der Waals surface area contributed by atoms with Crippen LogP contribution >= 0.6 is 0 Å². The standard InChI is InChI=1S/C14H22N2O3S/c15-9-12-4-3-5-13(8-12)11-20(18,19)16-7-2-1-6-14(16)10-17/h3-5,8,14,17H,1-2,6-7,9-11,15H2. The van der Waals surface area contributed by atoms with Crippen molar-refractivity contribution >= 4 is 10.0 Å². The van der Waals surface area contributed by atoms with Gasteiger partial charge in [0.2, 0.25) is 10.0 Å². The summed E-state index contributed by atoms with van der Waals surface area (Å²) in [7, 11) is -3.39. The van der Waals surface area contributed by atoms with Gasteiger partial charge in [-0.25, -0.2) is 8.42 Å². The van der Waals surface area contributed by atoms with Crippen LogP contribution in [0, 0.1) is 0 Å². The van der Waals surface area contributed by atoms with Crippen LogP contribution in [-0.2, 0) is 22.3 Å². The van der Waals surface area contributed by atoms with Gasteiger partial charge in [0.1, 0.15) is 0 Å². The number of rotatable bonds is 5. The third-order valence-electron chi connectivity index (χ3n) is 3.72. The number of hydrogen-bond donors (Lipinski definition) is 2. The van der Waals surface area contributed by atoms with Gasteiger partial charge in [0.25, 0.3) is 0 Å². The van der Waals surface area contributed by atoms with Gasteiger partial charge in [0.05, 0.1) is 12.4 Å². The molecule has 1 saturated heterocycles. The van der Waals surface area contributed by atoms with Crippen molar-refractivity contribution in [1.82, 2.24) is 4.31 Å². The Kier molecular flexibility index (Phi) is 5.15. The summed E-state index contributed by atoms with van der Waals surface area (Å²) in [5.41, 5.74) is 7.25. The molecule has 1 atom stereocenters. The Bertz CT molecular complexity index is 545. The quantitative estimate of drug-likeness (QED) is 0.843. The normalized spacial score (nSPS) is 21.0. The molecule has 0 aromatic heterocycles. The molecule has 1 fully saturated rings. The summed E-state index contributed by atoms with van der Waals surface area (Å²) in [6.07, 6.45) is 2.57. The summed E-state index contributed by atoms with van der Waals surface area (Å²) in [4.78, 5) is 0. The molecule has 0 spiro atoms. The van der Waals surface area contributed by atoms with Crippen molar-refractivity contribution in [3.05, 3.63) is 35.4 Å². The highest BCUT2D eigenvalue weighted by Crippen LogP contribution is 2.22. The van der Waals surface area contributed by atoms with Crippen molar-refractivity contribution in [3.8, 4) is 0 Å². The Balaban J connectivity index is 2.17. The first-order valence-corrected chi connectivity index (χ1v) is 8.56. The highest BCUT2D eigenvalue weighted by Gasteiger charge is 2.31. The van der Waals surface area contributed by atoms with E-state index in [2.05, 4.69) is 0 Å². The van der Waals surface area contributed by atoms with Crippen molar-refractivity contribution in [2.45, 2.75) is 37.6 Å². The Labute approximate surface area is 120 Å². The van der Waals surface area contributed by atoms with Crippen LogP contribution in [0.4, 0.5) is 0 Å². The molecule has 2 rings (SSSR count). The Morgan fingerprint density at radius 2 is 2.05 bits per heavy atom. The molecule has 3 N–H and O–H groups in total. The molecular formula is C14H22N2O3S. The lowest BCUT2D eigenvalue weighted by atomic mass is 10.1. The van der Waals surface area contributed by atoms with E-state index in [1.165, 1.54) is 4.31 Å². The fourth-order valence-electron chi connectivity index (χ4n) is 2.66. The van der Waals surface area contributed by atoms with Crippen molar-refractivity contribution in [3.63, 3.8) is 0 Å². The number of hydrogen-bond acceptors (Lipinski definition) is 4. The van der Waals surface area contributed by atoms with Gasteiger partial charge in [0, 0.05) is 19.1 Å². The van der Waals surface area contributed by atoms with Crippen LogP contribution in [0.1, 0.15) is 30.4 Å². The summed E-state index contributed by atoms with van der Waals surface area (Å²) in [5.74, 6) is -0.0304. The molecule has 1 unspecified atom stereocenters. The largest absolute Gasteiger partial charge is 0.395 e. The number of benzene rings is 1. The molecule has 20 heavy (non-hydrogen) atoms. The highest BCUT2D eigenvalue weighted by atomic mass is 32.2. The molecule has 0 amide bonds. The van der Waals surface area contributed by atoms with E-state index in [0.717, 1.165) is 30.4 Å². The summed E-state index contributed by atoms with van der Waals surface area (Å²) in [6.45, 7) is 0.795. The first-order valence-electron chi connectivity index (χ1n) is 6.95. The lowest BCUT2D eigenvalue weighted by Crippen LogP contribution is -2.46. The molecule has 1 aromatic carbocycles. The maximum Gasteiger partial charge on any atom is 0.218 e. The van der Waals surface area contributed by atoms with Gasteiger partial charge in [-0.3, -0.25) is 0 Å². The van der Waals surface area contributed by atoms with Crippen molar-refractivity contribution in [2.24, 2.45) is 5.73 Å². The highest BCUT2D eigenvalue weighted by molar-refractivity contribution is 7.88. The van der Waals surface area contributed by atoms with E-state index in [-0.39, 0.29) is 18.4 Å². The van der Waals surface area contributed by atoms with E-state index in [9.17, 15) is 13.5 Å². The van der Waals surface area contributed by atoms with Crippen LogP contribution in [0.3, 0.4) is 0 Å². The molecule has 0 bridgehead atoms. The number of aliphatic hydroxyl groups is 1. The molecular weight excluding hydrogens is 276 g/mol. The molecule has 112 valence electrons. The van der Waals surface area contributed by atoms with Gasteiger partial charge >= 0.3 is 0 Å². The Hall–Kier alpha value is -0.950. The zero-order valence-corrected chi connectivity index (χ0v) is 12.3. The zero-order chi connectivity index (χ0) is 14.6. The molecule has 5 nitrogen and oxygen atoms in total. The first kappa shape index (κ1) is 15.4. The summed E-state index contributed by atoms with van der Waals surface area (Å²) < 4.78 is 26.5. The minimum Gasteiger partial charge on any atom is -0.395 e. The van der Waals surface area contributed by atoms with Gasteiger partial charge in [-0.05, 0) is 24.0 Å². The van der Waals surface area contributed by atoms with Crippen LogP contribution in [-0.4, -0.2) is 37.0 Å². The van der Waals surface area contributed by atoms with Gasteiger partial charge in [-0.1, -0.05) is 30.7 Å². The van der Waals surface area contributed by atoms with Crippen molar-refractivity contribution in [2.75, 3.05) is 13.2 Å². The molecule has 6 heteroatoms. The number of nitrogens with two attached hydrogens (primary N) is 1. The second-order valence-corrected chi connectivity index (χ2v) is 7.14. The number of nitrogens with zero attached hydrogens (tertiary/aromatic N) is 1. The molecule has 1 aromatic rings. The van der Waals surface area contributed by atoms with Gasteiger partial charge in [-0.15, -0.1) is 0 Å². The number of aliphatic hydroxyl groups excluding tert-OH is 1. The number of piperidine rings is 1. The Morgan fingerprint density at radius 3 is 2.75 bits per heavy atom. The van der Waals surface area contributed by atoms with E-state index in [1.807, 2.05) is 18.2 Å². The van der Waals surface area contributed by atoms with Crippen LogP contribution in [0.15, 0.2) is 24.3 Å². The summed E-state index contributed by atoms with van der Waals surface area (Å²) in [6, 6.07) is 7.07. The molecule has 1 aliphatic heterocycles. The monoisotopic (exact) mass is 298 g/mol. The van der Waals surface area contributed by atoms with Gasteiger partial charge < -0.3 is 10.8 Å². The third-order valence-corrected chi connectivity index (χ3v) is 5.61. The minimum atomic E-state index is -3.39. The first-order chi connectivity index (χ1) is 9.56. The lowest BCUT2D eigenvalue weighted by molar-refractivity contribution is 0.155. The smallest absolute Gasteiger partial charge is 0.218 e. The molecule has 1 aliphatic rings. The van der Waals surface area contributed by atoms with E-state index < -0.39 is 10.0 Å². The van der Waals surface area contributed by atoms with Crippen LogP contribution < -0.4 is 5.73 Å². The zero-order valence-electron chi connectivity index (χ0n) is 11.5. The molecule has 0 aliphatic carbocycles. The molecule has 0 saturated carbocycles. The second kappa shape index (κ2) is 6.67. The SMILES string of the molecule is NCc1cccc(CS(=O)(=O)N2CCCCC2CO)c1. The van der Waals surface area contributed by atoms with E-state index >= 15 is 0 Å². The van der Waals surface area contributed by atoms with Crippen LogP contribution in [0.5, 0.6) is 0 Å². The maximum atomic E-state index is 12.5. The lowest BCUT2D eigenvalue weighted by Gasteiger charge is -2.33. The van der Waals surface area contributed by atoms with Crippen molar-refractivity contribution in [1.29, 1.82) is 0 Å². The Morgan fingerprint density at radius 1 is 1.30 bits per heavy atom. The fourth-order valence-corrected chi connectivity index (χ4v) is 4.46. The predicted octanol–water partition coefficient (Wildman–Crippen LogP) is 0.822. The van der Waals surface area contributed by atoms with Gasteiger partial charge in [0.15, 0.2) is 0 Å². The fraction of sp³-hybridized carbons (Fsp3) is 0.571. The maximum absolute atomic E-state index is 12.5. The topological polar surface area (TPSA) is 83.6 Å². The van der Waals surface area contributed by atoms with E-state index in [0.29, 0.717) is 13.1 Å². The third kappa shape index (κ3) is 3.58. The second-order valence-electron chi connectivity index (χ2n) is 5.22. The summed E-state index contributed by atoms with van der Waals surface area (Å²) in [5, 5.41) is 9.35. The average Bonchev–Trinajstić information content (AvgIpc) is 2.47. The minimum absolute atomic E-state index is 0.0304. The van der Waals surface area contributed by atoms with E-state index in [1.54, 1.807) is 6.07 Å². The van der Waals surface area contributed by atoms with Crippen LogP contribution in [0.2, 0.25) is 0 Å². The average molecular weight is 298 g/mol. The van der Waals surface area contributed by atoms with Crippen molar-refractivity contribution < 1.29 is 13.5 Å². The van der Waals surface area contributed by atoms with E-state index in [4.69, 9.17) is 5.73 Å². The molecule has 0 radical (unpaired) electrons.